The predicted octanol–water partition coefficient (Wildman–Crippen LogP) is 1.39. The van der Waals surface area contributed by atoms with Gasteiger partial charge in [-0.1, -0.05) is 20.3 Å². The summed E-state index contributed by atoms with van der Waals surface area (Å²) in [7, 11) is 0. The number of nitrogens with one attached hydrogen (secondary N) is 2. The number of carbonyl (C=O) groups is 1. The van der Waals surface area contributed by atoms with Crippen LogP contribution in [0.15, 0.2) is 0 Å². The zero-order valence-corrected chi connectivity index (χ0v) is 11.0. The lowest BCUT2D eigenvalue weighted by Crippen LogP contribution is -2.48. The van der Waals surface area contributed by atoms with Crippen molar-refractivity contribution in [1.29, 1.82) is 0 Å². The molecule has 0 fully saturated rings. The molecule has 0 bridgehead atoms. The van der Waals surface area contributed by atoms with E-state index in [2.05, 4.69) is 24.6 Å². The molecule has 0 rings (SSSR count). The summed E-state index contributed by atoms with van der Waals surface area (Å²) in [6.45, 7) is 10.2. The van der Waals surface area contributed by atoms with E-state index in [0.717, 1.165) is 6.42 Å². The maximum Gasteiger partial charge on any atom is 0.407 e. The molecule has 0 aliphatic carbocycles. The van der Waals surface area contributed by atoms with Crippen molar-refractivity contribution in [3.63, 3.8) is 0 Å². The number of rotatable bonds is 5. The molecule has 0 aliphatic heterocycles. The van der Waals surface area contributed by atoms with Crippen molar-refractivity contribution in [3.05, 3.63) is 0 Å². The van der Waals surface area contributed by atoms with Gasteiger partial charge in [0.25, 0.3) is 0 Å². The Morgan fingerprint density at radius 3 is 2.38 bits per heavy atom. The molecular formula is C11H25N3O2. The van der Waals surface area contributed by atoms with Gasteiger partial charge in [-0.05, 0) is 26.7 Å². The van der Waals surface area contributed by atoms with E-state index in [4.69, 9.17) is 10.6 Å². The average Bonchev–Trinajstić information content (AvgIpc) is 2.13. The van der Waals surface area contributed by atoms with Crippen LogP contribution < -0.4 is 16.6 Å². The zero-order chi connectivity index (χ0) is 12.8. The van der Waals surface area contributed by atoms with Crippen molar-refractivity contribution in [1.82, 2.24) is 10.7 Å². The van der Waals surface area contributed by atoms with Crippen molar-refractivity contribution < 1.29 is 9.53 Å². The van der Waals surface area contributed by atoms with Crippen molar-refractivity contribution in [2.45, 2.75) is 52.7 Å². The fourth-order valence-electron chi connectivity index (χ4n) is 1.26. The number of nitrogens with two attached hydrogens (primary N) is 1. The smallest absolute Gasteiger partial charge is 0.407 e. The van der Waals surface area contributed by atoms with Crippen molar-refractivity contribution in [2.24, 2.45) is 11.8 Å². The topological polar surface area (TPSA) is 76.4 Å². The van der Waals surface area contributed by atoms with Crippen molar-refractivity contribution in [2.75, 3.05) is 6.54 Å². The van der Waals surface area contributed by atoms with E-state index >= 15 is 0 Å². The minimum Gasteiger partial charge on any atom is -0.444 e. The summed E-state index contributed by atoms with van der Waals surface area (Å²) in [6.07, 6.45) is 0.579. The molecule has 2 atom stereocenters. The summed E-state index contributed by atoms with van der Waals surface area (Å²) >= 11 is 0. The Hall–Kier alpha value is -0.810. The Balaban J connectivity index is 4.23. The molecule has 0 aromatic rings. The number of carbonyl (C=O) groups excluding carboxylic acids is 1. The Bertz CT molecular complexity index is 214. The van der Waals surface area contributed by atoms with Gasteiger partial charge in [-0.15, -0.1) is 0 Å². The number of amides is 1. The van der Waals surface area contributed by atoms with Gasteiger partial charge in [0.2, 0.25) is 0 Å². The van der Waals surface area contributed by atoms with E-state index in [9.17, 15) is 4.79 Å². The fraction of sp³-hybridized carbons (Fsp3) is 0.909. The molecule has 0 spiro atoms. The largest absolute Gasteiger partial charge is 0.444 e. The van der Waals surface area contributed by atoms with Crippen molar-refractivity contribution >= 4 is 6.09 Å². The molecule has 16 heavy (non-hydrogen) atoms. The summed E-state index contributed by atoms with van der Waals surface area (Å²) in [4.78, 5) is 11.6. The van der Waals surface area contributed by atoms with Crippen LogP contribution >= 0.6 is 0 Å². The maximum atomic E-state index is 11.6. The molecule has 96 valence electrons. The molecule has 1 amide bonds. The van der Waals surface area contributed by atoms with E-state index in [-0.39, 0.29) is 6.04 Å². The highest BCUT2D eigenvalue weighted by atomic mass is 16.6. The molecule has 0 aliphatic rings. The highest BCUT2D eigenvalue weighted by molar-refractivity contribution is 5.68. The first kappa shape index (κ1) is 15.2. The van der Waals surface area contributed by atoms with Crippen LogP contribution in [-0.4, -0.2) is 24.3 Å². The number of hydrazine groups is 1. The van der Waals surface area contributed by atoms with Gasteiger partial charge in [0.1, 0.15) is 5.60 Å². The number of ether oxygens (including phenoxy) is 1. The van der Waals surface area contributed by atoms with E-state index in [1.165, 1.54) is 0 Å². The molecule has 4 N–H and O–H groups in total. The Kier molecular flexibility index (Phi) is 6.36. The normalized spacial score (nSPS) is 15.4. The van der Waals surface area contributed by atoms with E-state index in [0.29, 0.717) is 12.5 Å². The first-order valence-electron chi connectivity index (χ1n) is 5.73. The first-order valence-corrected chi connectivity index (χ1v) is 5.73. The maximum absolute atomic E-state index is 11.6. The SMILES string of the molecule is CCC(C)[C@@H](CNN)NC(=O)OC(C)(C)C. The van der Waals surface area contributed by atoms with E-state index < -0.39 is 11.7 Å². The molecule has 5 heteroatoms. The van der Waals surface area contributed by atoms with Gasteiger partial charge >= 0.3 is 6.09 Å². The number of hydrogen-bond acceptors (Lipinski definition) is 4. The van der Waals surface area contributed by atoms with Crippen LogP contribution in [0.4, 0.5) is 4.79 Å². The van der Waals surface area contributed by atoms with Crippen LogP contribution in [0, 0.1) is 5.92 Å². The van der Waals surface area contributed by atoms with E-state index in [1.54, 1.807) is 0 Å². The summed E-state index contributed by atoms with van der Waals surface area (Å²) in [6, 6.07) is -0.00940. The third-order valence-corrected chi connectivity index (χ3v) is 2.37. The second-order valence-corrected chi connectivity index (χ2v) is 5.05. The summed E-state index contributed by atoms with van der Waals surface area (Å²) in [5, 5.41) is 2.82. The standard InChI is InChI=1S/C11H25N3O2/c1-6-8(2)9(7-13-12)14-10(15)16-11(3,4)5/h8-9,13H,6-7,12H2,1-5H3,(H,14,15)/t8?,9-/m1/s1. The second kappa shape index (κ2) is 6.70. The van der Waals surface area contributed by atoms with Gasteiger partial charge in [-0.25, -0.2) is 4.79 Å². The molecule has 0 saturated carbocycles. The zero-order valence-electron chi connectivity index (χ0n) is 11.0. The first-order chi connectivity index (χ1) is 7.30. The molecule has 0 heterocycles. The molecule has 0 aromatic heterocycles. The summed E-state index contributed by atoms with van der Waals surface area (Å²) in [5.41, 5.74) is 2.11. The molecule has 0 saturated heterocycles. The monoisotopic (exact) mass is 231 g/mol. The third kappa shape index (κ3) is 6.63. The lowest BCUT2D eigenvalue weighted by molar-refractivity contribution is 0.0487. The van der Waals surface area contributed by atoms with E-state index in [1.807, 2.05) is 20.8 Å². The summed E-state index contributed by atoms with van der Waals surface area (Å²) < 4.78 is 5.19. The van der Waals surface area contributed by atoms with Crippen LogP contribution in [0.2, 0.25) is 0 Å². The van der Waals surface area contributed by atoms with Crippen LogP contribution in [0.5, 0.6) is 0 Å². The second-order valence-electron chi connectivity index (χ2n) is 5.05. The Morgan fingerprint density at radius 2 is 2.00 bits per heavy atom. The van der Waals surface area contributed by atoms with Crippen molar-refractivity contribution in [3.8, 4) is 0 Å². The van der Waals surface area contributed by atoms with Crippen LogP contribution in [0.3, 0.4) is 0 Å². The Morgan fingerprint density at radius 1 is 1.44 bits per heavy atom. The lowest BCUT2D eigenvalue weighted by Gasteiger charge is -2.26. The van der Waals surface area contributed by atoms with Gasteiger partial charge in [0.05, 0.1) is 0 Å². The number of hydrogen-bond donors (Lipinski definition) is 3. The quantitative estimate of drug-likeness (QED) is 0.493. The Labute approximate surface area is 98.1 Å². The molecule has 0 radical (unpaired) electrons. The van der Waals surface area contributed by atoms with Gasteiger partial charge < -0.3 is 10.1 Å². The highest BCUT2D eigenvalue weighted by Gasteiger charge is 2.21. The highest BCUT2D eigenvalue weighted by Crippen LogP contribution is 2.10. The molecule has 5 nitrogen and oxygen atoms in total. The van der Waals surface area contributed by atoms with Gasteiger partial charge in [0, 0.05) is 12.6 Å². The van der Waals surface area contributed by atoms with Gasteiger partial charge in [-0.2, -0.15) is 0 Å². The fourth-order valence-corrected chi connectivity index (χ4v) is 1.26. The van der Waals surface area contributed by atoms with Crippen LogP contribution in [0.1, 0.15) is 41.0 Å². The van der Waals surface area contributed by atoms with Gasteiger partial charge in [0.15, 0.2) is 0 Å². The number of alkyl carbamates (subject to hydrolysis) is 1. The predicted molar refractivity (Wildman–Crippen MR) is 64.8 cm³/mol. The lowest BCUT2D eigenvalue weighted by atomic mass is 9.99. The molecule has 0 aromatic carbocycles. The minimum absolute atomic E-state index is 0.00940. The van der Waals surface area contributed by atoms with Crippen LogP contribution in [0.25, 0.3) is 0 Å². The minimum atomic E-state index is -0.472. The molecular weight excluding hydrogens is 206 g/mol. The average molecular weight is 231 g/mol. The third-order valence-electron chi connectivity index (χ3n) is 2.37. The molecule has 1 unspecified atom stereocenters. The van der Waals surface area contributed by atoms with Crippen LogP contribution in [-0.2, 0) is 4.74 Å². The summed E-state index contributed by atoms with van der Waals surface area (Å²) in [5.74, 6) is 5.63. The van der Waals surface area contributed by atoms with Gasteiger partial charge in [-0.3, -0.25) is 11.3 Å².